The van der Waals surface area contributed by atoms with E-state index in [9.17, 15) is 14.7 Å². The number of carboxylic acids is 1. The number of esters is 1. The second-order valence-corrected chi connectivity index (χ2v) is 3.67. The van der Waals surface area contributed by atoms with Crippen LogP contribution in [0.15, 0.2) is 18.0 Å². The van der Waals surface area contributed by atoms with Gasteiger partial charge in [-0.3, -0.25) is 0 Å². The van der Waals surface area contributed by atoms with Crippen molar-refractivity contribution >= 4 is 17.8 Å². The van der Waals surface area contributed by atoms with Crippen LogP contribution in [0.4, 0.5) is 5.82 Å². The Labute approximate surface area is 107 Å². The fourth-order valence-electron chi connectivity index (χ4n) is 1.76. The fourth-order valence-corrected chi connectivity index (χ4v) is 1.76. The number of nitrogens with zero attached hydrogens (tertiary/aromatic N) is 3. The number of ether oxygens (including phenoxy) is 1. The van der Waals surface area contributed by atoms with Gasteiger partial charge >= 0.3 is 11.9 Å². The standard InChI is InChI=1S/C11H10N4O4/c1-2-19-11(18)7-5-13-9-6(3-12)4-14-15(9)8(7)10(16)17/h4-5,8,13H,2H2,1H3,(H,16,17). The maximum Gasteiger partial charge on any atom is 0.338 e. The monoisotopic (exact) mass is 262 g/mol. The summed E-state index contributed by atoms with van der Waals surface area (Å²) in [5.74, 6) is -1.75. The average molecular weight is 262 g/mol. The molecule has 0 amide bonds. The second-order valence-electron chi connectivity index (χ2n) is 3.67. The maximum absolute atomic E-state index is 11.7. The third kappa shape index (κ3) is 2.01. The van der Waals surface area contributed by atoms with E-state index in [1.54, 1.807) is 6.92 Å². The largest absolute Gasteiger partial charge is 0.479 e. The van der Waals surface area contributed by atoms with Gasteiger partial charge in [-0.05, 0) is 6.92 Å². The normalized spacial score (nSPS) is 16.6. The lowest BCUT2D eigenvalue weighted by molar-refractivity contribution is -0.145. The van der Waals surface area contributed by atoms with Crippen molar-refractivity contribution in [1.29, 1.82) is 5.26 Å². The van der Waals surface area contributed by atoms with Crippen LogP contribution in [0.5, 0.6) is 0 Å². The van der Waals surface area contributed by atoms with Crippen LogP contribution in [-0.4, -0.2) is 33.4 Å². The molecule has 0 aliphatic carbocycles. The van der Waals surface area contributed by atoms with E-state index in [1.165, 1.54) is 12.4 Å². The number of aliphatic carboxylic acids is 1. The van der Waals surface area contributed by atoms with Crippen molar-refractivity contribution in [2.75, 3.05) is 11.9 Å². The van der Waals surface area contributed by atoms with Crippen molar-refractivity contribution in [3.63, 3.8) is 0 Å². The van der Waals surface area contributed by atoms with Crippen LogP contribution in [0.3, 0.4) is 0 Å². The topological polar surface area (TPSA) is 117 Å². The molecule has 1 aliphatic rings. The number of fused-ring (bicyclic) bond motifs is 1. The third-order valence-electron chi connectivity index (χ3n) is 2.56. The molecule has 1 aromatic rings. The fraction of sp³-hybridized carbons (Fsp3) is 0.273. The first-order chi connectivity index (χ1) is 9.10. The van der Waals surface area contributed by atoms with Gasteiger partial charge < -0.3 is 15.2 Å². The smallest absolute Gasteiger partial charge is 0.338 e. The van der Waals surface area contributed by atoms with E-state index in [1.807, 2.05) is 6.07 Å². The number of hydrogen-bond acceptors (Lipinski definition) is 6. The molecule has 0 aromatic carbocycles. The number of anilines is 1. The highest BCUT2D eigenvalue weighted by Crippen LogP contribution is 2.29. The number of carbonyl (C=O) groups excluding carboxylic acids is 1. The van der Waals surface area contributed by atoms with Crippen LogP contribution in [0.2, 0.25) is 0 Å². The minimum Gasteiger partial charge on any atom is -0.479 e. The van der Waals surface area contributed by atoms with Crippen LogP contribution in [0.25, 0.3) is 0 Å². The number of nitriles is 1. The Morgan fingerprint density at radius 2 is 2.42 bits per heavy atom. The van der Waals surface area contributed by atoms with Crippen LogP contribution in [0.1, 0.15) is 18.5 Å². The average Bonchev–Trinajstić information content (AvgIpc) is 2.80. The molecular weight excluding hydrogens is 252 g/mol. The summed E-state index contributed by atoms with van der Waals surface area (Å²) >= 11 is 0. The van der Waals surface area contributed by atoms with Gasteiger partial charge in [0.25, 0.3) is 0 Å². The molecule has 1 aromatic heterocycles. The van der Waals surface area contributed by atoms with Crippen molar-refractivity contribution in [3.05, 3.63) is 23.5 Å². The summed E-state index contributed by atoms with van der Waals surface area (Å²) in [6.07, 6.45) is 2.47. The van der Waals surface area contributed by atoms with Crippen molar-refractivity contribution in [2.24, 2.45) is 0 Å². The van der Waals surface area contributed by atoms with Crippen molar-refractivity contribution < 1.29 is 19.4 Å². The van der Waals surface area contributed by atoms with Gasteiger partial charge in [0.05, 0.1) is 18.4 Å². The Hall–Kier alpha value is -2.82. The summed E-state index contributed by atoms with van der Waals surface area (Å²) in [4.78, 5) is 23.0. The molecule has 2 rings (SSSR count). The van der Waals surface area contributed by atoms with Crippen molar-refractivity contribution in [2.45, 2.75) is 13.0 Å². The SMILES string of the molecule is CCOC(=O)C1=CNc2c(C#N)cnn2C1C(=O)O. The molecule has 1 aliphatic heterocycles. The minimum absolute atomic E-state index is 0.0746. The van der Waals surface area contributed by atoms with Crippen LogP contribution in [0, 0.1) is 11.3 Å². The molecule has 0 fully saturated rings. The number of hydrogen-bond donors (Lipinski definition) is 2. The maximum atomic E-state index is 11.7. The van der Waals surface area contributed by atoms with Gasteiger partial charge in [0.2, 0.25) is 0 Å². The molecule has 8 nitrogen and oxygen atoms in total. The lowest BCUT2D eigenvalue weighted by Gasteiger charge is -2.22. The first-order valence-electron chi connectivity index (χ1n) is 5.44. The molecule has 19 heavy (non-hydrogen) atoms. The molecule has 98 valence electrons. The van der Waals surface area contributed by atoms with Crippen LogP contribution >= 0.6 is 0 Å². The summed E-state index contributed by atoms with van der Waals surface area (Å²) in [5, 5.41) is 24.6. The number of carbonyl (C=O) groups is 2. The predicted octanol–water partition coefficient (Wildman–Crippen LogP) is 0.253. The predicted molar refractivity (Wildman–Crippen MR) is 62.0 cm³/mol. The molecule has 0 saturated heterocycles. The minimum atomic E-state index is -1.31. The zero-order valence-corrected chi connectivity index (χ0v) is 9.95. The second kappa shape index (κ2) is 4.81. The Kier molecular flexibility index (Phi) is 3.20. The van der Waals surface area contributed by atoms with Gasteiger partial charge in [0, 0.05) is 6.20 Å². The summed E-state index contributed by atoms with van der Waals surface area (Å²) in [5.41, 5.74) is 0.125. The molecule has 0 bridgehead atoms. The summed E-state index contributed by atoms with van der Waals surface area (Å²) in [7, 11) is 0. The Morgan fingerprint density at radius 3 is 3.00 bits per heavy atom. The van der Waals surface area contributed by atoms with Crippen molar-refractivity contribution in [1.82, 2.24) is 9.78 Å². The van der Waals surface area contributed by atoms with E-state index in [0.29, 0.717) is 0 Å². The molecule has 1 atom stereocenters. The van der Waals surface area contributed by atoms with E-state index >= 15 is 0 Å². The van der Waals surface area contributed by atoms with Gasteiger partial charge in [-0.15, -0.1) is 0 Å². The molecule has 1 unspecified atom stereocenters. The van der Waals surface area contributed by atoms with Gasteiger partial charge in [-0.2, -0.15) is 10.4 Å². The molecule has 0 radical (unpaired) electrons. The summed E-state index contributed by atoms with van der Waals surface area (Å²) < 4.78 is 5.87. The van der Waals surface area contributed by atoms with E-state index in [0.717, 1.165) is 4.68 Å². The van der Waals surface area contributed by atoms with Gasteiger partial charge in [0.15, 0.2) is 6.04 Å². The highest BCUT2D eigenvalue weighted by atomic mass is 16.5. The van der Waals surface area contributed by atoms with Crippen molar-refractivity contribution in [3.8, 4) is 6.07 Å². The van der Waals surface area contributed by atoms with Crippen LogP contribution in [-0.2, 0) is 14.3 Å². The first kappa shape index (κ1) is 12.6. The lowest BCUT2D eigenvalue weighted by Crippen LogP contribution is -2.31. The Bertz CT molecular complexity index is 611. The number of nitrogens with one attached hydrogen (secondary N) is 1. The summed E-state index contributed by atoms with van der Waals surface area (Å²) in [6.45, 7) is 1.76. The van der Waals surface area contributed by atoms with Gasteiger partial charge in [-0.25, -0.2) is 14.3 Å². The van der Waals surface area contributed by atoms with E-state index in [2.05, 4.69) is 10.4 Å². The highest BCUT2D eigenvalue weighted by molar-refractivity contribution is 5.97. The first-order valence-corrected chi connectivity index (χ1v) is 5.44. The molecule has 0 saturated carbocycles. The molecule has 2 N–H and O–H groups in total. The summed E-state index contributed by atoms with van der Waals surface area (Å²) in [6, 6.07) is 0.572. The molecule has 0 spiro atoms. The zero-order valence-electron chi connectivity index (χ0n) is 9.95. The van der Waals surface area contributed by atoms with E-state index in [-0.39, 0.29) is 23.6 Å². The zero-order chi connectivity index (χ0) is 14.0. The van der Waals surface area contributed by atoms with Gasteiger partial charge in [0.1, 0.15) is 17.5 Å². The van der Waals surface area contributed by atoms with Crippen LogP contribution < -0.4 is 5.32 Å². The Balaban J connectivity index is 2.46. The quantitative estimate of drug-likeness (QED) is 0.750. The van der Waals surface area contributed by atoms with Gasteiger partial charge in [-0.1, -0.05) is 0 Å². The van der Waals surface area contributed by atoms with E-state index < -0.39 is 18.0 Å². The lowest BCUT2D eigenvalue weighted by atomic mass is 10.1. The highest BCUT2D eigenvalue weighted by Gasteiger charge is 2.36. The molecule has 2 heterocycles. The Morgan fingerprint density at radius 1 is 1.68 bits per heavy atom. The third-order valence-corrected chi connectivity index (χ3v) is 2.56. The number of rotatable bonds is 3. The number of carboxylic acid groups (broad SMARTS) is 1. The molecular formula is C11H10N4O4. The van der Waals surface area contributed by atoms with E-state index in [4.69, 9.17) is 10.00 Å². The number of aromatic nitrogens is 2. The molecule has 8 heteroatoms.